The van der Waals surface area contributed by atoms with Crippen molar-refractivity contribution in [2.24, 2.45) is 11.8 Å². The topological polar surface area (TPSA) is 120 Å². The molecule has 0 heterocycles. The number of carbonyl (C=O) groups excluding carboxylic acids is 3. The summed E-state index contributed by atoms with van der Waals surface area (Å²) >= 11 is 0. The van der Waals surface area contributed by atoms with Crippen LogP contribution in [0.1, 0.15) is 32.6 Å². The van der Waals surface area contributed by atoms with E-state index >= 15 is 0 Å². The zero-order chi connectivity index (χ0) is 12.3. The molecule has 0 amide bonds. The third kappa shape index (κ3) is 3.45. The Morgan fingerprint density at radius 2 is 1.35 bits per heavy atom. The summed E-state index contributed by atoms with van der Waals surface area (Å²) < 4.78 is 0. The zero-order valence-electron chi connectivity index (χ0n) is 9.56. The second-order valence-electron chi connectivity index (χ2n) is 4.07. The molecule has 0 spiro atoms. The number of Topliss-reactive ketones (excluding diaryl/α,β-unsaturated/α-hetero) is 3. The molecule has 0 radical (unpaired) electrons. The molecular formula is C11H16O6. The lowest BCUT2D eigenvalue weighted by atomic mass is 9.81. The standard InChI is InChI=1S/C9H10O3.C2H4O2.H2O/c10-7-5-3-1-2-4-6(5)8(11)9(7)12;1-2(3)4;/h5-6H,1-4H2;1H3,(H,3,4);1H2. The number of carbonyl (C=O) groups is 4. The van der Waals surface area contributed by atoms with Crippen molar-refractivity contribution in [3.63, 3.8) is 0 Å². The van der Waals surface area contributed by atoms with E-state index in [-0.39, 0.29) is 17.3 Å². The number of carboxylic acids is 1. The van der Waals surface area contributed by atoms with E-state index in [9.17, 15) is 14.4 Å². The Hall–Kier alpha value is -1.56. The maximum absolute atomic E-state index is 11.2. The Kier molecular flexibility index (Phi) is 5.67. The first-order chi connectivity index (χ1) is 7.45. The van der Waals surface area contributed by atoms with Gasteiger partial charge < -0.3 is 10.6 Å². The quantitative estimate of drug-likeness (QED) is 0.590. The highest BCUT2D eigenvalue weighted by Crippen LogP contribution is 2.36. The fraction of sp³-hybridized carbons (Fsp3) is 0.636. The van der Waals surface area contributed by atoms with Crippen molar-refractivity contribution in [2.75, 3.05) is 0 Å². The van der Waals surface area contributed by atoms with Crippen molar-refractivity contribution in [1.29, 1.82) is 0 Å². The van der Waals surface area contributed by atoms with E-state index in [1.54, 1.807) is 0 Å². The van der Waals surface area contributed by atoms with Gasteiger partial charge in [0.25, 0.3) is 11.8 Å². The van der Waals surface area contributed by atoms with Crippen LogP contribution < -0.4 is 0 Å². The largest absolute Gasteiger partial charge is 0.481 e. The van der Waals surface area contributed by atoms with Crippen LogP contribution in [0, 0.1) is 11.8 Å². The van der Waals surface area contributed by atoms with E-state index in [4.69, 9.17) is 9.90 Å². The Balaban J connectivity index is 0.000000453. The molecule has 2 aliphatic rings. The fourth-order valence-corrected chi connectivity index (χ4v) is 2.22. The molecule has 0 aromatic carbocycles. The highest BCUT2D eigenvalue weighted by molar-refractivity contribution is 6.68. The van der Waals surface area contributed by atoms with E-state index in [0.29, 0.717) is 0 Å². The van der Waals surface area contributed by atoms with Crippen LogP contribution in [-0.4, -0.2) is 33.9 Å². The summed E-state index contributed by atoms with van der Waals surface area (Å²) in [7, 11) is 0. The molecule has 0 aromatic rings. The SMILES string of the molecule is CC(=O)O.O.O=C1C(=O)C2CCCCC2C1=O. The van der Waals surface area contributed by atoms with Gasteiger partial charge in [0.2, 0.25) is 11.6 Å². The molecule has 0 saturated heterocycles. The van der Waals surface area contributed by atoms with Crippen LogP contribution in [0.5, 0.6) is 0 Å². The Morgan fingerprint density at radius 3 is 1.65 bits per heavy atom. The highest BCUT2D eigenvalue weighted by Gasteiger charge is 2.48. The lowest BCUT2D eigenvalue weighted by Gasteiger charge is -2.20. The maximum atomic E-state index is 11.2. The minimum Gasteiger partial charge on any atom is -0.481 e. The summed E-state index contributed by atoms with van der Waals surface area (Å²) in [6, 6.07) is 0. The maximum Gasteiger partial charge on any atom is 0.300 e. The van der Waals surface area contributed by atoms with Crippen molar-refractivity contribution in [1.82, 2.24) is 0 Å². The summed E-state index contributed by atoms with van der Waals surface area (Å²) in [6.07, 6.45) is 3.43. The van der Waals surface area contributed by atoms with Gasteiger partial charge in [-0.15, -0.1) is 0 Å². The summed E-state index contributed by atoms with van der Waals surface area (Å²) in [5.41, 5.74) is 0. The van der Waals surface area contributed by atoms with Crippen molar-refractivity contribution in [3.8, 4) is 0 Å². The molecule has 2 atom stereocenters. The number of hydrogen-bond donors (Lipinski definition) is 1. The first-order valence-electron chi connectivity index (χ1n) is 5.27. The molecule has 6 nitrogen and oxygen atoms in total. The van der Waals surface area contributed by atoms with Gasteiger partial charge in [0.15, 0.2) is 0 Å². The van der Waals surface area contributed by atoms with Crippen molar-refractivity contribution < 1.29 is 29.8 Å². The minimum atomic E-state index is -0.833. The molecule has 17 heavy (non-hydrogen) atoms. The van der Waals surface area contributed by atoms with E-state index in [1.807, 2.05) is 0 Å². The average molecular weight is 244 g/mol. The molecule has 6 heteroatoms. The van der Waals surface area contributed by atoms with Crippen LogP contribution in [0.25, 0.3) is 0 Å². The molecule has 3 N–H and O–H groups in total. The monoisotopic (exact) mass is 244 g/mol. The molecule has 2 aliphatic carbocycles. The number of fused-ring (bicyclic) bond motifs is 1. The first kappa shape index (κ1) is 15.4. The molecule has 2 fully saturated rings. The molecule has 0 bridgehead atoms. The summed E-state index contributed by atoms with van der Waals surface area (Å²) in [5.74, 6) is -2.93. The van der Waals surface area contributed by atoms with Crippen LogP contribution in [0.3, 0.4) is 0 Å². The van der Waals surface area contributed by atoms with Gasteiger partial charge >= 0.3 is 0 Å². The normalized spacial score (nSPS) is 26.5. The molecule has 2 saturated carbocycles. The number of ketones is 3. The first-order valence-corrected chi connectivity index (χ1v) is 5.27. The van der Waals surface area contributed by atoms with Crippen molar-refractivity contribution in [2.45, 2.75) is 32.6 Å². The van der Waals surface area contributed by atoms with Gasteiger partial charge in [0, 0.05) is 18.8 Å². The minimum absolute atomic E-state index is 0. The van der Waals surface area contributed by atoms with Gasteiger partial charge in [0.1, 0.15) is 0 Å². The van der Waals surface area contributed by atoms with Crippen LogP contribution >= 0.6 is 0 Å². The molecule has 2 rings (SSSR count). The van der Waals surface area contributed by atoms with Gasteiger partial charge in [-0.2, -0.15) is 0 Å². The van der Waals surface area contributed by atoms with E-state index in [0.717, 1.165) is 32.6 Å². The van der Waals surface area contributed by atoms with E-state index in [1.165, 1.54) is 0 Å². The predicted octanol–water partition coefficient (Wildman–Crippen LogP) is -0.220. The molecular weight excluding hydrogens is 228 g/mol. The van der Waals surface area contributed by atoms with Crippen LogP contribution in [0.4, 0.5) is 0 Å². The summed E-state index contributed by atoms with van der Waals surface area (Å²) in [4.78, 5) is 42.3. The Bertz CT molecular complexity index is 316. The Morgan fingerprint density at radius 1 is 1.06 bits per heavy atom. The third-order valence-corrected chi connectivity index (χ3v) is 2.89. The van der Waals surface area contributed by atoms with Crippen LogP contribution in [0.15, 0.2) is 0 Å². The summed E-state index contributed by atoms with van der Waals surface area (Å²) in [5, 5.41) is 7.42. The van der Waals surface area contributed by atoms with Gasteiger partial charge in [-0.3, -0.25) is 19.2 Å². The second-order valence-corrected chi connectivity index (χ2v) is 4.07. The number of hydrogen-bond acceptors (Lipinski definition) is 4. The predicted molar refractivity (Wildman–Crippen MR) is 57.4 cm³/mol. The molecule has 2 unspecified atom stereocenters. The van der Waals surface area contributed by atoms with Gasteiger partial charge in [-0.25, -0.2) is 0 Å². The zero-order valence-corrected chi connectivity index (χ0v) is 9.56. The summed E-state index contributed by atoms with van der Waals surface area (Å²) in [6.45, 7) is 1.08. The van der Waals surface area contributed by atoms with Crippen LogP contribution in [0.2, 0.25) is 0 Å². The molecule has 96 valence electrons. The van der Waals surface area contributed by atoms with Crippen molar-refractivity contribution in [3.05, 3.63) is 0 Å². The number of carboxylic acid groups (broad SMARTS) is 1. The molecule has 0 aromatic heterocycles. The van der Waals surface area contributed by atoms with Crippen LogP contribution in [-0.2, 0) is 19.2 Å². The average Bonchev–Trinajstić information content (AvgIpc) is 2.44. The van der Waals surface area contributed by atoms with E-state index < -0.39 is 23.3 Å². The third-order valence-electron chi connectivity index (χ3n) is 2.89. The fourth-order valence-electron chi connectivity index (χ4n) is 2.22. The van der Waals surface area contributed by atoms with Gasteiger partial charge in [-0.05, 0) is 12.8 Å². The highest BCUT2D eigenvalue weighted by atomic mass is 16.4. The smallest absolute Gasteiger partial charge is 0.300 e. The Labute approximate surface area is 98.3 Å². The van der Waals surface area contributed by atoms with E-state index in [2.05, 4.69) is 0 Å². The number of rotatable bonds is 0. The second kappa shape index (κ2) is 6.24. The van der Waals surface area contributed by atoms with Gasteiger partial charge in [-0.1, -0.05) is 12.8 Å². The molecule has 0 aliphatic heterocycles. The van der Waals surface area contributed by atoms with Crippen molar-refractivity contribution >= 4 is 23.3 Å². The number of aliphatic carboxylic acids is 1. The van der Waals surface area contributed by atoms with Gasteiger partial charge in [0.05, 0.1) is 0 Å². The lowest BCUT2D eigenvalue weighted by molar-refractivity contribution is -0.141. The lowest BCUT2D eigenvalue weighted by Crippen LogP contribution is -2.21.